The largest absolute Gasteiger partial charge is 0.488 e. The van der Waals surface area contributed by atoms with E-state index in [4.69, 9.17) is 10.5 Å². The standard InChI is InChI=1S/C20H18BrNO2/c21-18-12-16(20(23)15-7-4-8-17(22)11-15)9-10-19(18)24-13-14-5-2-1-3-6-14/h1-12,20,23H,13,22H2. The number of benzene rings is 3. The van der Waals surface area contributed by atoms with Crippen molar-refractivity contribution in [3.63, 3.8) is 0 Å². The van der Waals surface area contributed by atoms with Crippen molar-refractivity contribution >= 4 is 21.6 Å². The number of nitrogen functional groups attached to an aromatic ring is 1. The Morgan fingerprint density at radius 3 is 2.38 bits per heavy atom. The molecule has 24 heavy (non-hydrogen) atoms. The van der Waals surface area contributed by atoms with Crippen molar-refractivity contribution in [2.45, 2.75) is 12.7 Å². The van der Waals surface area contributed by atoms with Crippen LogP contribution in [0.15, 0.2) is 77.3 Å². The van der Waals surface area contributed by atoms with Gasteiger partial charge >= 0.3 is 0 Å². The number of hydrogen-bond donors (Lipinski definition) is 2. The number of hydrogen-bond acceptors (Lipinski definition) is 3. The zero-order valence-corrected chi connectivity index (χ0v) is 14.6. The van der Waals surface area contributed by atoms with Crippen molar-refractivity contribution in [2.75, 3.05) is 5.73 Å². The lowest BCUT2D eigenvalue weighted by molar-refractivity contribution is 0.220. The van der Waals surface area contributed by atoms with Crippen LogP contribution in [0.25, 0.3) is 0 Å². The highest BCUT2D eigenvalue weighted by Gasteiger charge is 2.13. The number of ether oxygens (including phenoxy) is 1. The summed E-state index contributed by atoms with van der Waals surface area (Å²) in [4.78, 5) is 0. The van der Waals surface area contributed by atoms with Gasteiger partial charge in [0.15, 0.2) is 0 Å². The third kappa shape index (κ3) is 3.96. The first kappa shape index (κ1) is 16.6. The molecule has 0 fully saturated rings. The van der Waals surface area contributed by atoms with Crippen LogP contribution in [0.3, 0.4) is 0 Å². The van der Waals surface area contributed by atoms with Gasteiger partial charge in [-0.15, -0.1) is 0 Å². The first-order valence-corrected chi connectivity index (χ1v) is 8.42. The Kier molecular flexibility index (Phi) is 5.18. The lowest BCUT2D eigenvalue weighted by Crippen LogP contribution is -2.02. The summed E-state index contributed by atoms with van der Waals surface area (Å²) < 4.78 is 6.64. The smallest absolute Gasteiger partial charge is 0.134 e. The number of nitrogens with two attached hydrogens (primary N) is 1. The lowest BCUT2D eigenvalue weighted by Gasteiger charge is -2.14. The predicted octanol–water partition coefficient (Wildman–Crippen LogP) is 4.69. The van der Waals surface area contributed by atoms with Crippen molar-refractivity contribution in [1.82, 2.24) is 0 Å². The quantitative estimate of drug-likeness (QED) is 0.628. The van der Waals surface area contributed by atoms with E-state index >= 15 is 0 Å². The highest BCUT2D eigenvalue weighted by molar-refractivity contribution is 9.10. The molecule has 0 spiro atoms. The molecule has 0 aliphatic carbocycles. The summed E-state index contributed by atoms with van der Waals surface area (Å²) in [7, 11) is 0. The molecule has 0 saturated carbocycles. The molecule has 0 aliphatic heterocycles. The van der Waals surface area contributed by atoms with E-state index < -0.39 is 6.10 Å². The van der Waals surface area contributed by atoms with Gasteiger partial charge < -0.3 is 15.6 Å². The fourth-order valence-corrected chi connectivity index (χ4v) is 2.97. The molecule has 0 bridgehead atoms. The average Bonchev–Trinajstić information content (AvgIpc) is 2.61. The van der Waals surface area contributed by atoms with Gasteiger partial charge in [0.1, 0.15) is 18.5 Å². The number of rotatable bonds is 5. The van der Waals surface area contributed by atoms with Gasteiger partial charge in [-0.05, 0) is 56.9 Å². The van der Waals surface area contributed by atoms with Crippen LogP contribution < -0.4 is 10.5 Å². The van der Waals surface area contributed by atoms with Crippen molar-refractivity contribution in [1.29, 1.82) is 0 Å². The molecular formula is C20H18BrNO2. The summed E-state index contributed by atoms with van der Waals surface area (Å²) in [6.45, 7) is 0.497. The lowest BCUT2D eigenvalue weighted by atomic mass is 10.0. The molecule has 1 atom stereocenters. The van der Waals surface area contributed by atoms with E-state index in [9.17, 15) is 5.11 Å². The highest BCUT2D eigenvalue weighted by atomic mass is 79.9. The van der Waals surface area contributed by atoms with Crippen LogP contribution in [0.2, 0.25) is 0 Å². The Balaban J connectivity index is 1.74. The second-order valence-electron chi connectivity index (χ2n) is 5.54. The molecule has 3 N–H and O–H groups in total. The molecule has 4 heteroatoms. The number of halogens is 1. The summed E-state index contributed by atoms with van der Waals surface area (Å²) in [5.74, 6) is 0.738. The third-order valence-electron chi connectivity index (χ3n) is 3.74. The van der Waals surface area contributed by atoms with Crippen molar-refractivity contribution in [3.8, 4) is 5.75 Å². The minimum absolute atomic E-state index is 0.497. The van der Waals surface area contributed by atoms with Gasteiger partial charge in [0.05, 0.1) is 4.47 Å². The van der Waals surface area contributed by atoms with Crippen LogP contribution in [-0.4, -0.2) is 5.11 Å². The summed E-state index contributed by atoms with van der Waals surface area (Å²) in [5, 5.41) is 10.5. The number of aliphatic hydroxyl groups excluding tert-OH is 1. The average molecular weight is 384 g/mol. The van der Waals surface area contributed by atoms with Gasteiger partial charge in [-0.3, -0.25) is 0 Å². The molecule has 1 unspecified atom stereocenters. The van der Waals surface area contributed by atoms with Crippen molar-refractivity contribution in [2.24, 2.45) is 0 Å². The van der Waals surface area contributed by atoms with Gasteiger partial charge in [0.2, 0.25) is 0 Å². The molecule has 3 nitrogen and oxygen atoms in total. The second kappa shape index (κ2) is 7.51. The molecule has 0 amide bonds. The van der Waals surface area contributed by atoms with E-state index in [1.807, 2.05) is 60.7 Å². The first-order chi connectivity index (χ1) is 11.6. The third-order valence-corrected chi connectivity index (χ3v) is 4.35. The molecule has 0 aliphatic rings. The molecule has 3 aromatic rings. The maximum Gasteiger partial charge on any atom is 0.134 e. The molecule has 3 rings (SSSR count). The Bertz CT molecular complexity index is 821. The minimum atomic E-state index is -0.729. The summed E-state index contributed by atoms with van der Waals surface area (Å²) in [6, 6.07) is 22.8. The zero-order chi connectivity index (χ0) is 16.9. The van der Waals surface area contributed by atoms with Crippen LogP contribution in [-0.2, 0) is 6.61 Å². The second-order valence-corrected chi connectivity index (χ2v) is 6.39. The van der Waals surface area contributed by atoms with Gasteiger partial charge in [-0.25, -0.2) is 0 Å². The Labute approximate surface area is 149 Å². The van der Waals surface area contributed by atoms with Gasteiger partial charge in [0, 0.05) is 5.69 Å². The van der Waals surface area contributed by atoms with E-state index in [2.05, 4.69) is 15.9 Å². The van der Waals surface area contributed by atoms with Crippen molar-refractivity contribution in [3.05, 3.63) is 94.0 Å². The van der Waals surface area contributed by atoms with E-state index in [1.165, 1.54) is 0 Å². The Morgan fingerprint density at radius 1 is 0.917 bits per heavy atom. The van der Waals surface area contributed by atoms with Gasteiger partial charge in [-0.2, -0.15) is 0 Å². The minimum Gasteiger partial charge on any atom is -0.488 e. The number of aliphatic hydroxyl groups is 1. The van der Waals surface area contributed by atoms with Crippen LogP contribution in [0, 0.1) is 0 Å². The Hall–Kier alpha value is -2.30. The normalized spacial score (nSPS) is 11.9. The predicted molar refractivity (Wildman–Crippen MR) is 99.8 cm³/mol. The molecule has 0 aromatic heterocycles. The van der Waals surface area contributed by atoms with E-state index in [1.54, 1.807) is 12.1 Å². The van der Waals surface area contributed by atoms with E-state index in [0.29, 0.717) is 12.3 Å². The van der Waals surface area contributed by atoms with E-state index in [-0.39, 0.29) is 0 Å². The Morgan fingerprint density at radius 2 is 1.67 bits per heavy atom. The first-order valence-electron chi connectivity index (χ1n) is 7.63. The fourth-order valence-electron chi connectivity index (χ4n) is 2.46. The monoisotopic (exact) mass is 383 g/mol. The van der Waals surface area contributed by atoms with Gasteiger partial charge in [0.25, 0.3) is 0 Å². The van der Waals surface area contributed by atoms with Crippen LogP contribution in [0.5, 0.6) is 5.75 Å². The summed E-state index contributed by atoms with van der Waals surface area (Å²) in [6.07, 6.45) is -0.729. The fraction of sp³-hybridized carbons (Fsp3) is 0.100. The molecule has 0 heterocycles. The van der Waals surface area contributed by atoms with E-state index in [0.717, 1.165) is 26.9 Å². The van der Waals surface area contributed by atoms with Crippen LogP contribution in [0.4, 0.5) is 5.69 Å². The van der Waals surface area contributed by atoms with Crippen molar-refractivity contribution < 1.29 is 9.84 Å². The van der Waals surface area contributed by atoms with Gasteiger partial charge in [-0.1, -0.05) is 48.5 Å². The highest BCUT2D eigenvalue weighted by Crippen LogP contribution is 2.31. The van der Waals surface area contributed by atoms with Crippen LogP contribution in [0.1, 0.15) is 22.8 Å². The summed E-state index contributed by atoms with van der Waals surface area (Å²) >= 11 is 3.52. The maximum absolute atomic E-state index is 10.5. The topological polar surface area (TPSA) is 55.5 Å². The number of anilines is 1. The molecule has 0 saturated heterocycles. The molecule has 3 aromatic carbocycles. The molecule has 122 valence electrons. The molecular weight excluding hydrogens is 366 g/mol. The SMILES string of the molecule is Nc1cccc(C(O)c2ccc(OCc3ccccc3)c(Br)c2)c1. The zero-order valence-electron chi connectivity index (χ0n) is 13.0. The summed E-state index contributed by atoms with van der Waals surface area (Å²) in [5.41, 5.74) is 9.06. The van der Waals surface area contributed by atoms with Crippen LogP contribution >= 0.6 is 15.9 Å². The maximum atomic E-state index is 10.5. The molecule has 0 radical (unpaired) electrons.